The first kappa shape index (κ1) is 30.5. The Morgan fingerprint density at radius 3 is 2.42 bits per heavy atom. The molecule has 3 aromatic carbocycles. The Morgan fingerprint density at radius 1 is 0.953 bits per heavy atom. The standard InChI is InChI=1S/C31H31NO10S/c33-15-23-25(35)26(36)28-31(42-23)41-22(27(43-28)29(37)38)14-21(30(39)40-16-17-7-2-1-3-8-17)32-24(34)13-19-11-6-10-18-9-4-5-12-20(18)19/h1-12,21,23,25-26,28,31,33,35-36H,13-16H2,(H,32,34)(H,37,38)/t21-,23+,25+,26-,28+,31-/m0/s1. The number of hydrogen-bond acceptors (Lipinski definition) is 10. The summed E-state index contributed by atoms with van der Waals surface area (Å²) >= 11 is 0.716. The number of carbonyl (C=O) groups excluding carboxylic acids is 2. The zero-order chi connectivity index (χ0) is 30.5. The molecule has 5 rings (SSSR count). The van der Waals surface area contributed by atoms with Crippen LogP contribution in [0.2, 0.25) is 0 Å². The van der Waals surface area contributed by atoms with Gasteiger partial charge in [0.25, 0.3) is 0 Å². The maximum absolute atomic E-state index is 13.3. The summed E-state index contributed by atoms with van der Waals surface area (Å²) in [5.74, 6) is -2.87. The predicted octanol–water partition coefficient (Wildman–Crippen LogP) is 1.87. The number of carboxylic acids is 1. The number of fused-ring (bicyclic) bond motifs is 2. The summed E-state index contributed by atoms with van der Waals surface area (Å²) < 4.78 is 16.9. The van der Waals surface area contributed by atoms with Crippen LogP contribution in [0.1, 0.15) is 17.5 Å². The topological polar surface area (TPSA) is 172 Å². The lowest BCUT2D eigenvalue weighted by atomic mass is 10.0. The van der Waals surface area contributed by atoms with Gasteiger partial charge >= 0.3 is 11.9 Å². The second-order valence-electron chi connectivity index (χ2n) is 10.2. The van der Waals surface area contributed by atoms with Crippen molar-refractivity contribution in [3.8, 4) is 0 Å². The largest absolute Gasteiger partial charge is 0.477 e. The summed E-state index contributed by atoms with van der Waals surface area (Å²) in [7, 11) is 0. The van der Waals surface area contributed by atoms with E-state index in [0.717, 1.165) is 16.3 Å². The van der Waals surface area contributed by atoms with Crippen LogP contribution in [0, 0.1) is 0 Å². The predicted molar refractivity (Wildman–Crippen MR) is 155 cm³/mol. The van der Waals surface area contributed by atoms with Crippen LogP contribution in [-0.2, 0) is 41.6 Å². The van der Waals surface area contributed by atoms with Gasteiger partial charge in [0.05, 0.1) is 13.0 Å². The van der Waals surface area contributed by atoms with Crippen molar-refractivity contribution in [1.29, 1.82) is 0 Å². The quantitative estimate of drug-likeness (QED) is 0.213. The number of carboxylic acid groups (broad SMARTS) is 1. The molecule has 0 aromatic heterocycles. The number of ether oxygens (including phenoxy) is 3. The number of esters is 1. The molecule has 43 heavy (non-hydrogen) atoms. The number of thioether (sulfide) groups is 1. The van der Waals surface area contributed by atoms with Crippen molar-refractivity contribution in [3.05, 3.63) is 94.6 Å². The Morgan fingerprint density at radius 2 is 1.67 bits per heavy atom. The van der Waals surface area contributed by atoms with Gasteiger partial charge in [-0.3, -0.25) is 4.79 Å². The Bertz CT molecular complexity index is 1510. The van der Waals surface area contributed by atoms with E-state index in [1.165, 1.54) is 0 Å². The van der Waals surface area contributed by atoms with Gasteiger partial charge in [-0.2, -0.15) is 0 Å². The lowest BCUT2D eigenvalue weighted by Crippen LogP contribution is -2.59. The molecule has 2 heterocycles. The first-order valence-electron chi connectivity index (χ1n) is 13.6. The fourth-order valence-electron chi connectivity index (χ4n) is 5.06. The summed E-state index contributed by atoms with van der Waals surface area (Å²) in [6.07, 6.45) is -5.77. The van der Waals surface area contributed by atoms with Crippen molar-refractivity contribution in [1.82, 2.24) is 5.32 Å². The number of hydrogen-bond donors (Lipinski definition) is 5. The summed E-state index contributed by atoms with van der Waals surface area (Å²) in [5, 5.41) is 43.8. The van der Waals surface area contributed by atoms with E-state index in [4.69, 9.17) is 14.2 Å². The van der Waals surface area contributed by atoms with Crippen LogP contribution in [0.5, 0.6) is 0 Å². The molecule has 1 fully saturated rings. The lowest BCUT2D eigenvalue weighted by molar-refractivity contribution is -0.243. The van der Waals surface area contributed by atoms with E-state index < -0.39 is 66.8 Å². The van der Waals surface area contributed by atoms with Crippen LogP contribution in [0.15, 0.2) is 83.5 Å². The maximum Gasteiger partial charge on any atom is 0.345 e. The molecule has 0 bridgehead atoms. The molecule has 6 atom stereocenters. The van der Waals surface area contributed by atoms with Crippen molar-refractivity contribution in [3.63, 3.8) is 0 Å². The van der Waals surface area contributed by atoms with E-state index in [0.29, 0.717) is 17.3 Å². The van der Waals surface area contributed by atoms with E-state index in [2.05, 4.69) is 5.32 Å². The normalized spacial score (nSPS) is 24.0. The van der Waals surface area contributed by atoms with E-state index >= 15 is 0 Å². The molecule has 0 unspecified atom stereocenters. The smallest absolute Gasteiger partial charge is 0.345 e. The van der Waals surface area contributed by atoms with Crippen LogP contribution >= 0.6 is 11.8 Å². The van der Waals surface area contributed by atoms with Crippen LogP contribution in [0.25, 0.3) is 10.8 Å². The second kappa shape index (κ2) is 13.6. The number of aliphatic hydroxyl groups is 3. The number of nitrogens with one attached hydrogen (secondary N) is 1. The SMILES string of the molecule is O=C(Cc1cccc2ccccc12)N[C@@H](CC1=C(C(=O)O)S[C@H]2[C@@H](O1)O[C@H](CO)[C@@H](O)[C@@H]2O)C(=O)OCc1ccccc1. The van der Waals surface area contributed by atoms with Crippen LogP contribution in [-0.4, -0.2) is 80.8 Å². The number of aliphatic hydroxyl groups excluding tert-OH is 3. The first-order valence-corrected chi connectivity index (χ1v) is 14.5. The Kier molecular flexibility index (Phi) is 9.63. The molecule has 0 saturated carbocycles. The summed E-state index contributed by atoms with van der Waals surface area (Å²) in [6, 6.07) is 20.7. The highest BCUT2D eigenvalue weighted by molar-refractivity contribution is 8.04. The van der Waals surface area contributed by atoms with Crippen molar-refractivity contribution >= 4 is 40.4 Å². The Balaban J connectivity index is 1.39. The first-order chi connectivity index (χ1) is 20.7. The van der Waals surface area contributed by atoms with Gasteiger partial charge in [-0.1, -0.05) is 72.8 Å². The highest BCUT2D eigenvalue weighted by Crippen LogP contribution is 2.42. The van der Waals surface area contributed by atoms with Gasteiger partial charge in [-0.15, -0.1) is 11.8 Å². The van der Waals surface area contributed by atoms with Crippen LogP contribution in [0.4, 0.5) is 0 Å². The molecule has 11 nitrogen and oxygen atoms in total. The van der Waals surface area contributed by atoms with Crippen molar-refractivity contribution < 1.29 is 49.0 Å². The zero-order valence-corrected chi connectivity index (χ0v) is 23.7. The van der Waals surface area contributed by atoms with E-state index in [1.54, 1.807) is 24.3 Å². The fourth-order valence-corrected chi connectivity index (χ4v) is 6.22. The molecular weight excluding hydrogens is 578 g/mol. The second-order valence-corrected chi connectivity index (χ2v) is 11.4. The third-order valence-electron chi connectivity index (χ3n) is 7.25. The molecule has 0 radical (unpaired) electrons. The van der Waals surface area contributed by atoms with Gasteiger partial charge in [-0.05, 0) is 21.9 Å². The molecule has 12 heteroatoms. The van der Waals surface area contributed by atoms with E-state index in [9.17, 15) is 34.8 Å². The molecule has 2 aliphatic rings. The summed E-state index contributed by atoms with van der Waals surface area (Å²) in [4.78, 5) is 38.5. The number of aliphatic carboxylic acids is 1. The average molecular weight is 610 g/mol. The van der Waals surface area contributed by atoms with Gasteiger partial charge in [-0.25, -0.2) is 9.59 Å². The number of benzene rings is 3. The summed E-state index contributed by atoms with van der Waals surface area (Å²) in [5.41, 5.74) is 1.45. The molecule has 2 aliphatic heterocycles. The number of rotatable bonds is 10. The molecular formula is C31H31NO10S. The zero-order valence-electron chi connectivity index (χ0n) is 22.9. The maximum atomic E-state index is 13.3. The van der Waals surface area contributed by atoms with Crippen molar-refractivity contribution in [2.45, 2.75) is 55.3 Å². The summed E-state index contributed by atoms with van der Waals surface area (Å²) in [6.45, 7) is -0.690. The highest BCUT2D eigenvalue weighted by atomic mass is 32.2. The molecule has 1 amide bonds. The fraction of sp³-hybridized carbons (Fsp3) is 0.323. The van der Waals surface area contributed by atoms with Gasteiger partial charge in [0, 0.05) is 6.42 Å². The van der Waals surface area contributed by atoms with E-state index in [1.807, 2.05) is 48.5 Å². The third kappa shape index (κ3) is 7.00. The minimum atomic E-state index is -1.46. The highest BCUT2D eigenvalue weighted by Gasteiger charge is 2.50. The van der Waals surface area contributed by atoms with Gasteiger partial charge < -0.3 is 40.0 Å². The van der Waals surface area contributed by atoms with Crippen molar-refractivity contribution in [2.24, 2.45) is 0 Å². The Labute approximate surface area is 251 Å². The molecule has 3 aromatic rings. The molecule has 0 spiro atoms. The molecule has 1 saturated heterocycles. The van der Waals surface area contributed by atoms with E-state index in [-0.39, 0.29) is 23.7 Å². The number of amides is 1. The Hall–Kier alpha value is -3.94. The van der Waals surface area contributed by atoms with Gasteiger partial charge in [0.2, 0.25) is 12.2 Å². The monoisotopic (exact) mass is 609 g/mol. The molecule has 5 N–H and O–H groups in total. The van der Waals surface area contributed by atoms with Crippen LogP contribution < -0.4 is 5.32 Å². The minimum absolute atomic E-state index is 0.0552. The van der Waals surface area contributed by atoms with Crippen LogP contribution in [0.3, 0.4) is 0 Å². The van der Waals surface area contributed by atoms with Crippen molar-refractivity contribution in [2.75, 3.05) is 6.61 Å². The lowest BCUT2D eigenvalue weighted by Gasteiger charge is -2.44. The molecule has 226 valence electrons. The van der Waals surface area contributed by atoms with Gasteiger partial charge in [0.15, 0.2) is 0 Å². The average Bonchev–Trinajstić information content (AvgIpc) is 3.01. The minimum Gasteiger partial charge on any atom is -0.477 e. The number of carbonyl (C=O) groups is 3. The van der Waals surface area contributed by atoms with Gasteiger partial charge in [0.1, 0.15) is 46.9 Å². The third-order valence-corrected chi connectivity index (χ3v) is 8.66. The molecule has 0 aliphatic carbocycles.